The van der Waals surface area contributed by atoms with Crippen LogP contribution >= 0.6 is 0 Å². The van der Waals surface area contributed by atoms with Crippen LogP contribution in [-0.2, 0) is 4.79 Å². The molecule has 0 atom stereocenters. The third-order valence-electron chi connectivity index (χ3n) is 4.08. The summed E-state index contributed by atoms with van der Waals surface area (Å²) in [6.45, 7) is 2.94. The maximum atomic E-state index is 12.1. The Bertz CT molecular complexity index is 540. The zero-order chi connectivity index (χ0) is 15.3. The van der Waals surface area contributed by atoms with Gasteiger partial charge in [0.2, 0.25) is 0 Å². The molecule has 0 saturated heterocycles. The van der Waals surface area contributed by atoms with Crippen molar-refractivity contribution in [3.63, 3.8) is 0 Å². The molecule has 0 aliphatic heterocycles. The van der Waals surface area contributed by atoms with Crippen molar-refractivity contribution in [2.24, 2.45) is 5.41 Å². The maximum absolute atomic E-state index is 12.1. The van der Waals surface area contributed by atoms with Crippen molar-refractivity contribution in [1.82, 2.24) is 5.32 Å². The van der Waals surface area contributed by atoms with Gasteiger partial charge in [-0.15, -0.1) is 0 Å². The van der Waals surface area contributed by atoms with E-state index in [1.54, 1.807) is 24.3 Å². The highest BCUT2D eigenvalue weighted by Crippen LogP contribution is 2.36. The Morgan fingerprint density at radius 2 is 1.86 bits per heavy atom. The Morgan fingerprint density at radius 1 is 1.24 bits per heavy atom. The van der Waals surface area contributed by atoms with Crippen LogP contribution in [-0.4, -0.2) is 23.5 Å². The molecule has 1 aromatic rings. The number of carboxylic acids is 1. The topological polar surface area (TPSA) is 66.4 Å². The number of hydrogen-bond acceptors (Lipinski definition) is 2. The Morgan fingerprint density at radius 3 is 2.43 bits per heavy atom. The van der Waals surface area contributed by atoms with E-state index in [0.29, 0.717) is 12.1 Å². The van der Waals surface area contributed by atoms with E-state index >= 15 is 0 Å². The van der Waals surface area contributed by atoms with Crippen LogP contribution in [0.2, 0.25) is 0 Å². The van der Waals surface area contributed by atoms with Crippen LogP contribution in [0.25, 0.3) is 6.08 Å². The van der Waals surface area contributed by atoms with E-state index in [1.807, 2.05) is 0 Å². The maximum Gasteiger partial charge on any atom is 0.328 e. The fourth-order valence-electron chi connectivity index (χ4n) is 2.71. The van der Waals surface area contributed by atoms with E-state index in [0.717, 1.165) is 11.6 Å². The van der Waals surface area contributed by atoms with Crippen LogP contribution in [0.5, 0.6) is 0 Å². The molecule has 4 nitrogen and oxygen atoms in total. The minimum atomic E-state index is -0.985. The van der Waals surface area contributed by atoms with Gasteiger partial charge in [-0.2, -0.15) is 0 Å². The molecular formula is C17H21NO3. The SMILES string of the molecule is CC1(CNC(=O)c2ccc(C=CC(=O)O)cc2)CCCC1. The Labute approximate surface area is 124 Å². The van der Waals surface area contributed by atoms with Gasteiger partial charge in [0.1, 0.15) is 0 Å². The molecule has 0 heterocycles. The standard InChI is InChI=1S/C17H21NO3/c1-17(10-2-3-11-17)12-18-16(21)14-7-4-13(5-8-14)6-9-15(19)20/h4-9H,2-3,10-12H2,1H3,(H,18,21)(H,19,20). The second-order valence-corrected chi connectivity index (χ2v) is 5.99. The zero-order valence-electron chi connectivity index (χ0n) is 12.3. The van der Waals surface area contributed by atoms with Gasteiger partial charge in [0.05, 0.1) is 0 Å². The number of carbonyl (C=O) groups excluding carboxylic acids is 1. The summed E-state index contributed by atoms with van der Waals surface area (Å²) in [4.78, 5) is 22.5. The van der Waals surface area contributed by atoms with E-state index in [2.05, 4.69) is 12.2 Å². The molecule has 21 heavy (non-hydrogen) atoms. The van der Waals surface area contributed by atoms with E-state index in [-0.39, 0.29) is 11.3 Å². The Balaban J connectivity index is 1.92. The Kier molecular flexibility index (Phi) is 4.78. The van der Waals surface area contributed by atoms with Crippen molar-refractivity contribution < 1.29 is 14.7 Å². The minimum Gasteiger partial charge on any atom is -0.478 e. The van der Waals surface area contributed by atoms with Crippen LogP contribution in [0.3, 0.4) is 0 Å². The number of amides is 1. The largest absolute Gasteiger partial charge is 0.478 e. The lowest BCUT2D eigenvalue weighted by Crippen LogP contribution is -2.34. The van der Waals surface area contributed by atoms with E-state index in [1.165, 1.54) is 31.8 Å². The molecular weight excluding hydrogens is 266 g/mol. The van der Waals surface area contributed by atoms with Gasteiger partial charge < -0.3 is 10.4 Å². The molecule has 112 valence electrons. The second-order valence-electron chi connectivity index (χ2n) is 5.99. The molecule has 0 aromatic heterocycles. The highest BCUT2D eigenvalue weighted by molar-refractivity contribution is 5.94. The van der Waals surface area contributed by atoms with Crippen molar-refractivity contribution in [1.29, 1.82) is 0 Å². The number of carboxylic acid groups (broad SMARTS) is 1. The first-order valence-corrected chi connectivity index (χ1v) is 7.28. The predicted octanol–water partition coefficient (Wildman–Crippen LogP) is 3.09. The molecule has 2 rings (SSSR count). The quantitative estimate of drug-likeness (QED) is 0.818. The summed E-state index contributed by atoms with van der Waals surface area (Å²) in [5, 5.41) is 11.6. The first-order valence-electron chi connectivity index (χ1n) is 7.28. The van der Waals surface area contributed by atoms with Crippen LogP contribution in [0.15, 0.2) is 30.3 Å². The smallest absolute Gasteiger partial charge is 0.328 e. The number of aliphatic carboxylic acids is 1. The third-order valence-corrected chi connectivity index (χ3v) is 4.08. The normalized spacial score (nSPS) is 17.0. The molecule has 1 fully saturated rings. The highest BCUT2D eigenvalue weighted by atomic mass is 16.4. The fraction of sp³-hybridized carbons (Fsp3) is 0.412. The molecule has 1 aliphatic carbocycles. The third kappa shape index (κ3) is 4.45. The molecule has 0 unspecified atom stereocenters. The number of nitrogens with one attached hydrogen (secondary N) is 1. The summed E-state index contributed by atoms with van der Waals surface area (Å²) in [6, 6.07) is 6.92. The lowest BCUT2D eigenvalue weighted by Gasteiger charge is -2.23. The van der Waals surface area contributed by atoms with E-state index < -0.39 is 5.97 Å². The van der Waals surface area contributed by atoms with Crippen molar-refractivity contribution in [3.05, 3.63) is 41.5 Å². The molecule has 1 aromatic carbocycles. The number of rotatable bonds is 5. The monoisotopic (exact) mass is 287 g/mol. The van der Waals surface area contributed by atoms with Gasteiger partial charge >= 0.3 is 5.97 Å². The van der Waals surface area contributed by atoms with Crippen molar-refractivity contribution in [3.8, 4) is 0 Å². The first-order chi connectivity index (χ1) is 9.98. The second kappa shape index (κ2) is 6.57. The minimum absolute atomic E-state index is 0.0723. The zero-order valence-corrected chi connectivity index (χ0v) is 12.3. The van der Waals surface area contributed by atoms with Crippen molar-refractivity contribution in [2.75, 3.05) is 6.54 Å². The van der Waals surface area contributed by atoms with Crippen molar-refractivity contribution in [2.45, 2.75) is 32.6 Å². The van der Waals surface area contributed by atoms with Crippen LogP contribution in [0.1, 0.15) is 48.5 Å². The van der Waals surface area contributed by atoms with Crippen LogP contribution in [0, 0.1) is 5.41 Å². The van der Waals surface area contributed by atoms with Gasteiger partial charge in [0, 0.05) is 18.2 Å². The van der Waals surface area contributed by atoms with Gasteiger partial charge in [0.15, 0.2) is 0 Å². The highest BCUT2D eigenvalue weighted by Gasteiger charge is 2.28. The van der Waals surface area contributed by atoms with Gasteiger partial charge in [-0.25, -0.2) is 4.79 Å². The fourth-order valence-corrected chi connectivity index (χ4v) is 2.71. The lowest BCUT2D eigenvalue weighted by atomic mass is 9.89. The van der Waals surface area contributed by atoms with E-state index in [4.69, 9.17) is 5.11 Å². The van der Waals surface area contributed by atoms with Gasteiger partial charge in [-0.3, -0.25) is 4.79 Å². The molecule has 2 N–H and O–H groups in total. The average molecular weight is 287 g/mol. The lowest BCUT2D eigenvalue weighted by molar-refractivity contribution is -0.131. The number of hydrogen-bond donors (Lipinski definition) is 2. The summed E-state index contributed by atoms with van der Waals surface area (Å²) in [6.07, 6.45) is 7.42. The summed E-state index contributed by atoms with van der Waals surface area (Å²) in [7, 11) is 0. The molecule has 1 aliphatic rings. The van der Waals surface area contributed by atoms with Gasteiger partial charge in [0.25, 0.3) is 5.91 Å². The van der Waals surface area contributed by atoms with Crippen molar-refractivity contribution >= 4 is 18.0 Å². The molecule has 0 spiro atoms. The molecule has 1 saturated carbocycles. The first kappa shape index (κ1) is 15.3. The van der Waals surface area contributed by atoms with Gasteiger partial charge in [-0.05, 0) is 42.0 Å². The van der Waals surface area contributed by atoms with E-state index in [9.17, 15) is 9.59 Å². The molecule has 0 bridgehead atoms. The average Bonchev–Trinajstić information content (AvgIpc) is 2.90. The summed E-state index contributed by atoms with van der Waals surface area (Å²) < 4.78 is 0. The van der Waals surface area contributed by atoms with Crippen LogP contribution in [0.4, 0.5) is 0 Å². The van der Waals surface area contributed by atoms with Crippen LogP contribution < -0.4 is 5.32 Å². The predicted molar refractivity (Wildman–Crippen MR) is 82.0 cm³/mol. The number of benzene rings is 1. The van der Waals surface area contributed by atoms with Gasteiger partial charge in [-0.1, -0.05) is 31.9 Å². The summed E-state index contributed by atoms with van der Waals surface area (Å²) in [5.41, 5.74) is 1.60. The Hall–Kier alpha value is -2.10. The molecule has 4 heteroatoms. The molecule has 0 radical (unpaired) electrons. The number of carbonyl (C=O) groups is 2. The summed E-state index contributed by atoms with van der Waals surface area (Å²) >= 11 is 0. The summed E-state index contributed by atoms with van der Waals surface area (Å²) in [5.74, 6) is -1.06. The molecule has 1 amide bonds.